The molecule has 114 valence electrons. The van der Waals surface area contributed by atoms with E-state index in [1.807, 2.05) is 32.0 Å². The van der Waals surface area contributed by atoms with E-state index in [1.54, 1.807) is 18.4 Å². The third kappa shape index (κ3) is 3.67. The number of anilines is 1. The van der Waals surface area contributed by atoms with Gasteiger partial charge in [0, 0.05) is 16.6 Å². The van der Waals surface area contributed by atoms with Crippen molar-refractivity contribution in [3.63, 3.8) is 0 Å². The van der Waals surface area contributed by atoms with Crippen molar-refractivity contribution in [3.8, 4) is 11.5 Å². The van der Waals surface area contributed by atoms with Gasteiger partial charge >= 0.3 is 0 Å². The largest absolute Gasteiger partial charge is 0.493 e. The smallest absolute Gasteiger partial charge is 0.162 e. The van der Waals surface area contributed by atoms with Crippen LogP contribution in [0.15, 0.2) is 18.2 Å². The Morgan fingerprint density at radius 2 is 2.05 bits per heavy atom. The van der Waals surface area contributed by atoms with Crippen molar-refractivity contribution in [2.45, 2.75) is 33.7 Å². The zero-order valence-corrected chi connectivity index (χ0v) is 14.0. The van der Waals surface area contributed by atoms with Crippen molar-refractivity contribution in [2.75, 3.05) is 19.0 Å². The molecule has 1 unspecified atom stereocenters. The molecule has 21 heavy (non-hydrogen) atoms. The Kier molecular flexibility index (Phi) is 5.07. The quantitative estimate of drug-likeness (QED) is 0.862. The SMILES string of the molecule is CCOc1ccc(NC(C)c2nc(C)sc2C)cc1OC. The highest BCUT2D eigenvalue weighted by atomic mass is 32.1. The fourth-order valence-corrected chi connectivity index (χ4v) is 3.21. The summed E-state index contributed by atoms with van der Waals surface area (Å²) in [5.41, 5.74) is 2.10. The van der Waals surface area contributed by atoms with E-state index in [4.69, 9.17) is 9.47 Å². The van der Waals surface area contributed by atoms with Crippen LogP contribution >= 0.6 is 11.3 Å². The highest BCUT2D eigenvalue weighted by Crippen LogP contribution is 2.32. The maximum absolute atomic E-state index is 5.53. The topological polar surface area (TPSA) is 43.4 Å². The monoisotopic (exact) mass is 306 g/mol. The molecule has 1 N–H and O–H groups in total. The molecule has 4 nitrogen and oxygen atoms in total. The molecule has 1 atom stereocenters. The second-order valence-corrected chi connectivity index (χ2v) is 6.25. The van der Waals surface area contributed by atoms with E-state index in [9.17, 15) is 0 Å². The second-order valence-electron chi connectivity index (χ2n) is 4.84. The molecule has 1 aromatic carbocycles. The third-order valence-corrected chi connectivity index (χ3v) is 4.10. The number of nitrogens with one attached hydrogen (secondary N) is 1. The number of benzene rings is 1. The summed E-state index contributed by atoms with van der Waals surface area (Å²) in [5, 5.41) is 4.56. The molecule has 0 amide bonds. The molecule has 0 saturated heterocycles. The fraction of sp³-hybridized carbons (Fsp3) is 0.438. The summed E-state index contributed by atoms with van der Waals surface area (Å²) in [6, 6.07) is 6.03. The highest BCUT2D eigenvalue weighted by Gasteiger charge is 2.14. The lowest BCUT2D eigenvalue weighted by atomic mass is 10.2. The first-order valence-corrected chi connectivity index (χ1v) is 7.88. The van der Waals surface area contributed by atoms with Gasteiger partial charge in [0.05, 0.1) is 30.5 Å². The van der Waals surface area contributed by atoms with Crippen molar-refractivity contribution in [3.05, 3.63) is 33.8 Å². The zero-order valence-electron chi connectivity index (χ0n) is 13.2. The molecule has 0 fully saturated rings. The van der Waals surface area contributed by atoms with Crippen LogP contribution in [-0.4, -0.2) is 18.7 Å². The summed E-state index contributed by atoms with van der Waals surface area (Å²) in [7, 11) is 1.65. The van der Waals surface area contributed by atoms with E-state index in [2.05, 4.69) is 24.1 Å². The van der Waals surface area contributed by atoms with Gasteiger partial charge in [-0.2, -0.15) is 0 Å². The van der Waals surface area contributed by atoms with Gasteiger partial charge in [-0.3, -0.25) is 0 Å². The number of hydrogen-bond donors (Lipinski definition) is 1. The second kappa shape index (κ2) is 6.80. The van der Waals surface area contributed by atoms with E-state index >= 15 is 0 Å². The summed E-state index contributed by atoms with van der Waals surface area (Å²) in [4.78, 5) is 5.85. The number of aryl methyl sites for hydroxylation is 2. The predicted molar refractivity (Wildman–Crippen MR) is 87.8 cm³/mol. The number of ether oxygens (including phenoxy) is 2. The molecule has 0 saturated carbocycles. The molecular weight excluding hydrogens is 284 g/mol. The van der Waals surface area contributed by atoms with Crippen LogP contribution in [0.25, 0.3) is 0 Å². The Morgan fingerprint density at radius 3 is 2.62 bits per heavy atom. The minimum Gasteiger partial charge on any atom is -0.493 e. The van der Waals surface area contributed by atoms with Gasteiger partial charge < -0.3 is 14.8 Å². The summed E-state index contributed by atoms with van der Waals surface area (Å²) < 4.78 is 10.9. The highest BCUT2D eigenvalue weighted by molar-refractivity contribution is 7.11. The summed E-state index contributed by atoms with van der Waals surface area (Å²) in [6.45, 7) is 8.84. The zero-order chi connectivity index (χ0) is 15.4. The number of methoxy groups -OCH3 is 1. The van der Waals surface area contributed by atoms with Crippen molar-refractivity contribution in [2.24, 2.45) is 0 Å². The van der Waals surface area contributed by atoms with Crippen LogP contribution in [0, 0.1) is 13.8 Å². The van der Waals surface area contributed by atoms with Gasteiger partial charge in [0.1, 0.15) is 0 Å². The van der Waals surface area contributed by atoms with Gasteiger partial charge in [-0.15, -0.1) is 11.3 Å². The molecule has 0 aliphatic carbocycles. The Morgan fingerprint density at radius 1 is 1.29 bits per heavy atom. The molecule has 0 radical (unpaired) electrons. The van der Waals surface area contributed by atoms with Gasteiger partial charge in [-0.05, 0) is 39.8 Å². The summed E-state index contributed by atoms with van der Waals surface area (Å²) >= 11 is 1.73. The fourth-order valence-electron chi connectivity index (χ4n) is 2.30. The number of hydrogen-bond acceptors (Lipinski definition) is 5. The Labute approximate surface area is 130 Å². The van der Waals surface area contributed by atoms with Crippen molar-refractivity contribution in [1.82, 2.24) is 4.98 Å². The molecule has 5 heteroatoms. The van der Waals surface area contributed by atoms with Gasteiger partial charge in [0.25, 0.3) is 0 Å². The first-order valence-electron chi connectivity index (χ1n) is 7.06. The van der Waals surface area contributed by atoms with Crippen LogP contribution in [-0.2, 0) is 0 Å². The lowest BCUT2D eigenvalue weighted by Gasteiger charge is -2.16. The lowest BCUT2D eigenvalue weighted by molar-refractivity contribution is 0.311. The first-order chi connectivity index (χ1) is 10.0. The molecule has 0 aliphatic heterocycles. The lowest BCUT2D eigenvalue weighted by Crippen LogP contribution is -2.08. The van der Waals surface area contributed by atoms with Gasteiger partial charge in [0.2, 0.25) is 0 Å². The standard InChI is InChI=1S/C16H22N2O2S/c1-6-20-14-8-7-13(9-15(14)19-5)17-10(2)16-11(3)21-12(4)18-16/h7-10,17H,6H2,1-5H3. The van der Waals surface area contributed by atoms with E-state index in [1.165, 1.54) is 4.88 Å². The van der Waals surface area contributed by atoms with E-state index in [0.717, 1.165) is 27.9 Å². The van der Waals surface area contributed by atoms with E-state index in [0.29, 0.717) is 6.61 Å². The average molecular weight is 306 g/mol. The van der Waals surface area contributed by atoms with Crippen molar-refractivity contribution < 1.29 is 9.47 Å². The molecule has 0 aliphatic rings. The Bertz CT molecular complexity index is 610. The number of thiazole rings is 1. The predicted octanol–water partition coefficient (Wildman–Crippen LogP) is 4.34. The molecule has 0 bridgehead atoms. The summed E-state index contributed by atoms with van der Waals surface area (Å²) in [5.74, 6) is 1.50. The average Bonchev–Trinajstić information content (AvgIpc) is 2.79. The summed E-state index contributed by atoms with van der Waals surface area (Å²) in [6.07, 6.45) is 0. The molecule has 0 spiro atoms. The van der Waals surface area contributed by atoms with Crippen LogP contribution in [0.3, 0.4) is 0 Å². The van der Waals surface area contributed by atoms with Gasteiger partial charge in [0.15, 0.2) is 11.5 Å². The molecular formula is C16H22N2O2S. The van der Waals surface area contributed by atoms with E-state index in [-0.39, 0.29) is 6.04 Å². The Balaban J connectivity index is 2.17. The van der Waals surface area contributed by atoms with Gasteiger partial charge in [-0.25, -0.2) is 4.98 Å². The number of nitrogens with zero attached hydrogens (tertiary/aromatic N) is 1. The van der Waals surface area contributed by atoms with Crippen LogP contribution in [0.4, 0.5) is 5.69 Å². The molecule has 1 heterocycles. The van der Waals surface area contributed by atoms with Crippen molar-refractivity contribution >= 4 is 17.0 Å². The Hall–Kier alpha value is -1.75. The third-order valence-electron chi connectivity index (χ3n) is 3.20. The van der Waals surface area contributed by atoms with Crippen LogP contribution < -0.4 is 14.8 Å². The van der Waals surface area contributed by atoms with Gasteiger partial charge in [-0.1, -0.05) is 0 Å². The molecule has 1 aromatic heterocycles. The maximum Gasteiger partial charge on any atom is 0.162 e. The van der Waals surface area contributed by atoms with Crippen LogP contribution in [0.1, 0.15) is 35.5 Å². The van der Waals surface area contributed by atoms with Crippen LogP contribution in [0.2, 0.25) is 0 Å². The van der Waals surface area contributed by atoms with E-state index < -0.39 is 0 Å². The minimum absolute atomic E-state index is 0.151. The minimum atomic E-state index is 0.151. The number of rotatable bonds is 6. The van der Waals surface area contributed by atoms with Crippen molar-refractivity contribution in [1.29, 1.82) is 0 Å². The molecule has 2 aromatic rings. The van der Waals surface area contributed by atoms with Crippen LogP contribution in [0.5, 0.6) is 11.5 Å². The number of aromatic nitrogens is 1. The molecule has 2 rings (SSSR count). The maximum atomic E-state index is 5.53. The first kappa shape index (κ1) is 15.6. The normalized spacial score (nSPS) is 12.0.